The summed E-state index contributed by atoms with van der Waals surface area (Å²) in [7, 11) is 0. The van der Waals surface area contributed by atoms with Crippen molar-refractivity contribution >= 4 is 0 Å². The molecule has 0 spiro atoms. The van der Waals surface area contributed by atoms with E-state index < -0.39 is 0 Å². The van der Waals surface area contributed by atoms with Gasteiger partial charge in [-0.3, -0.25) is 0 Å². The summed E-state index contributed by atoms with van der Waals surface area (Å²) in [6, 6.07) is 0. The topological polar surface area (TPSA) is 20.2 Å². The smallest absolute Gasteiger partial charge is 0.0540 e. The van der Waals surface area contributed by atoms with E-state index in [-0.39, 0.29) is 6.10 Å². The molecule has 1 N–H and O–H groups in total. The van der Waals surface area contributed by atoms with Crippen LogP contribution in [0.15, 0.2) is 12.2 Å². The molecule has 0 aromatic rings. The Bertz CT molecular complexity index is 230. The van der Waals surface area contributed by atoms with Crippen LogP contribution in [-0.4, -0.2) is 11.2 Å². The van der Waals surface area contributed by atoms with Crippen LogP contribution in [0, 0.1) is 17.8 Å². The quantitative estimate of drug-likeness (QED) is 0.702. The molecule has 0 radical (unpaired) electrons. The van der Waals surface area contributed by atoms with Crippen LogP contribution in [0.25, 0.3) is 0 Å². The van der Waals surface area contributed by atoms with Gasteiger partial charge in [0.15, 0.2) is 0 Å². The fourth-order valence-corrected chi connectivity index (χ4v) is 3.66. The van der Waals surface area contributed by atoms with Crippen molar-refractivity contribution in [2.45, 2.75) is 64.4 Å². The zero-order chi connectivity index (χ0) is 11.5. The molecule has 2 aliphatic rings. The highest BCUT2D eigenvalue weighted by Gasteiger charge is 2.30. The SMILES string of the molecule is C=C(C)C1CCC(C2CCC(O)CC2)CC1. The van der Waals surface area contributed by atoms with Gasteiger partial charge in [0.25, 0.3) is 0 Å². The number of rotatable bonds is 2. The van der Waals surface area contributed by atoms with Gasteiger partial charge < -0.3 is 5.11 Å². The lowest BCUT2D eigenvalue weighted by Crippen LogP contribution is -2.27. The van der Waals surface area contributed by atoms with Crippen molar-refractivity contribution in [1.29, 1.82) is 0 Å². The van der Waals surface area contributed by atoms with Crippen LogP contribution < -0.4 is 0 Å². The minimum Gasteiger partial charge on any atom is -0.393 e. The van der Waals surface area contributed by atoms with Gasteiger partial charge in [-0.05, 0) is 76.0 Å². The van der Waals surface area contributed by atoms with Crippen LogP contribution in [0.1, 0.15) is 58.3 Å². The summed E-state index contributed by atoms with van der Waals surface area (Å²) >= 11 is 0. The minimum atomic E-state index is 0.00279. The van der Waals surface area contributed by atoms with Gasteiger partial charge in [0, 0.05) is 0 Å². The van der Waals surface area contributed by atoms with Gasteiger partial charge in [-0.15, -0.1) is 0 Å². The van der Waals surface area contributed by atoms with E-state index in [9.17, 15) is 5.11 Å². The molecule has 0 aromatic heterocycles. The van der Waals surface area contributed by atoms with Crippen LogP contribution in [0.4, 0.5) is 0 Å². The lowest BCUT2D eigenvalue weighted by atomic mass is 9.70. The van der Waals surface area contributed by atoms with E-state index in [2.05, 4.69) is 13.5 Å². The predicted molar refractivity (Wildman–Crippen MR) is 68.2 cm³/mol. The second-order valence-corrected chi connectivity index (χ2v) is 6.03. The fraction of sp³-hybridized carbons (Fsp3) is 0.867. The zero-order valence-corrected chi connectivity index (χ0v) is 10.6. The maximum Gasteiger partial charge on any atom is 0.0540 e. The fourth-order valence-electron chi connectivity index (χ4n) is 3.66. The van der Waals surface area contributed by atoms with Crippen LogP contribution in [0.3, 0.4) is 0 Å². The number of hydrogen-bond acceptors (Lipinski definition) is 1. The molecule has 0 aliphatic heterocycles. The standard InChI is InChI=1S/C15H26O/c1-11(2)12-3-5-13(6-4-12)14-7-9-15(16)10-8-14/h12-16H,1,3-10H2,2H3. The number of aliphatic hydroxyl groups excluding tert-OH is 1. The first-order chi connectivity index (χ1) is 7.66. The van der Waals surface area contributed by atoms with Crippen molar-refractivity contribution in [1.82, 2.24) is 0 Å². The average Bonchev–Trinajstić information content (AvgIpc) is 2.30. The Morgan fingerprint density at radius 1 is 0.875 bits per heavy atom. The third-order valence-electron chi connectivity index (χ3n) is 4.88. The van der Waals surface area contributed by atoms with Crippen molar-refractivity contribution in [2.24, 2.45) is 17.8 Å². The maximum absolute atomic E-state index is 9.53. The van der Waals surface area contributed by atoms with Gasteiger partial charge in [-0.2, -0.15) is 0 Å². The highest BCUT2D eigenvalue weighted by Crippen LogP contribution is 2.41. The number of allylic oxidation sites excluding steroid dienone is 1. The first kappa shape index (κ1) is 12.2. The summed E-state index contributed by atoms with van der Waals surface area (Å²) in [5, 5.41) is 9.53. The lowest BCUT2D eigenvalue weighted by Gasteiger charge is -2.37. The third kappa shape index (κ3) is 2.88. The van der Waals surface area contributed by atoms with Gasteiger partial charge in [0.2, 0.25) is 0 Å². The van der Waals surface area contributed by atoms with E-state index in [0.717, 1.165) is 30.6 Å². The van der Waals surface area contributed by atoms with Crippen LogP contribution in [0.2, 0.25) is 0 Å². The molecule has 2 rings (SSSR count). The Balaban J connectivity index is 1.78. The van der Waals surface area contributed by atoms with E-state index in [1.807, 2.05) is 0 Å². The summed E-state index contributed by atoms with van der Waals surface area (Å²) in [6.45, 7) is 6.28. The highest BCUT2D eigenvalue weighted by atomic mass is 16.3. The summed E-state index contributed by atoms with van der Waals surface area (Å²) in [6.07, 6.45) is 10.2. The largest absolute Gasteiger partial charge is 0.393 e. The molecule has 2 fully saturated rings. The highest BCUT2D eigenvalue weighted by molar-refractivity contribution is 4.98. The summed E-state index contributed by atoms with van der Waals surface area (Å²) < 4.78 is 0. The van der Waals surface area contributed by atoms with Crippen molar-refractivity contribution in [3.63, 3.8) is 0 Å². The molecule has 16 heavy (non-hydrogen) atoms. The molecule has 0 heterocycles. The molecule has 0 atom stereocenters. The van der Waals surface area contributed by atoms with Crippen molar-refractivity contribution in [2.75, 3.05) is 0 Å². The van der Waals surface area contributed by atoms with Crippen LogP contribution in [-0.2, 0) is 0 Å². The molecule has 1 nitrogen and oxygen atoms in total. The summed E-state index contributed by atoms with van der Waals surface area (Å²) in [5.41, 5.74) is 1.39. The molecule has 0 bridgehead atoms. The molecular weight excluding hydrogens is 196 g/mol. The maximum atomic E-state index is 9.53. The predicted octanol–water partition coefficient (Wildman–Crippen LogP) is 3.92. The van der Waals surface area contributed by atoms with Gasteiger partial charge in [-0.25, -0.2) is 0 Å². The van der Waals surface area contributed by atoms with Gasteiger partial charge >= 0.3 is 0 Å². The Morgan fingerprint density at radius 3 is 1.75 bits per heavy atom. The zero-order valence-electron chi connectivity index (χ0n) is 10.6. The molecule has 2 aliphatic carbocycles. The van der Waals surface area contributed by atoms with E-state index in [4.69, 9.17) is 0 Å². The molecule has 0 unspecified atom stereocenters. The molecule has 0 amide bonds. The Labute approximate surface area is 99.9 Å². The average molecular weight is 222 g/mol. The first-order valence-electron chi connectivity index (χ1n) is 7.00. The number of aliphatic hydroxyl groups is 1. The monoisotopic (exact) mass is 222 g/mol. The summed E-state index contributed by atoms with van der Waals surface area (Å²) in [5.74, 6) is 2.66. The van der Waals surface area contributed by atoms with Gasteiger partial charge in [0.1, 0.15) is 0 Å². The summed E-state index contributed by atoms with van der Waals surface area (Å²) in [4.78, 5) is 0. The molecule has 0 aromatic carbocycles. The van der Waals surface area contributed by atoms with Crippen molar-refractivity contribution in [3.8, 4) is 0 Å². The van der Waals surface area contributed by atoms with E-state index in [1.54, 1.807) is 0 Å². The molecular formula is C15H26O. The van der Waals surface area contributed by atoms with Gasteiger partial charge in [-0.1, -0.05) is 12.2 Å². The van der Waals surface area contributed by atoms with E-state index >= 15 is 0 Å². The first-order valence-corrected chi connectivity index (χ1v) is 7.00. The van der Waals surface area contributed by atoms with E-state index in [0.29, 0.717) is 0 Å². The molecule has 92 valence electrons. The lowest BCUT2D eigenvalue weighted by molar-refractivity contribution is 0.0789. The van der Waals surface area contributed by atoms with Crippen molar-refractivity contribution in [3.05, 3.63) is 12.2 Å². The molecule has 1 heteroatoms. The van der Waals surface area contributed by atoms with Crippen molar-refractivity contribution < 1.29 is 5.11 Å². The molecule has 2 saturated carbocycles. The molecule has 0 saturated heterocycles. The minimum absolute atomic E-state index is 0.00279. The Hall–Kier alpha value is -0.300. The second-order valence-electron chi connectivity index (χ2n) is 6.03. The Kier molecular flexibility index (Phi) is 4.07. The second kappa shape index (κ2) is 5.35. The van der Waals surface area contributed by atoms with Gasteiger partial charge in [0.05, 0.1) is 6.10 Å². The number of hydrogen-bond donors (Lipinski definition) is 1. The normalized spacial score (nSPS) is 40.6. The van der Waals surface area contributed by atoms with Crippen LogP contribution >= 0.6 is 0 Å². The third-order valence-corrected chi connectivity index (χ3v) is 4.88. The Morgan fingerprint density at radius 2 is 1.31 bits per heavy atom. The van der Waals surface area contributed by atoms with E-state index in [1.165, 1.54) is 44.1 Å². The van der Waals surface area contributed by atoms with Crippen LogP contribution in [0.5, 0.6) is 0 Å².